The lowest BCUT2D eigenvalue weighted by molar-refractivity contribution is -0.120. The Balaban J connectivity index is 1.37. The number of nitrogens with one attached hydrogen (secondary N) is 1. The monoisotopic (exact) mass is 471 g/mol. The van der Waals surface area contributed by atoms with Gasteiger partial charge in [0.1, 0.15) is 5.82 Å². The Hall–Kier alpha value is -2.82. The summed E-state index contributed by atoms with van der Waals surface area (Å²) in [6.45, 7) is 4.50. The maximum atomic E-state index is 13.9. The predicted octanol–water partition coefficient (Wildman–Crippen LogP) is 1.34. The van der Waals surface area contributed by atoms with E-state index >= 15 is 0 Å². The summed E-state index contributed by atoms with van der Waals surface area (Å²) in [6.07, 6.45) is 3.68. The second-order valence-electron chi connectivity index (χ2n) is 9.03. The zero-order chi connectivity index (χ0) is 23.5. The van der Waals surface area contributed by atoms with Crippen LogP contribution in [0.4, 0.5) is 15.9 Å². The average Bonchev–Trinajstić information content (AvgIpc) is 2.88. The van der Waals surface area contributed by atoms with Crippen molar-refractivity contribution in [2.45, 2.75) is 25.5 Å². The average molecular weight is 472 g/mol. The van der Waals surface area contributed by atoms with E-state index in [1.54, 1.807) is 18.3 Å². The van der Waals surface area contributed by atoms with Crippen LogP contribution in [0, 0.1) is 11.7 Å². The highest BCUT2D eigenvalue weighted by Gasteiger charge is 2.35. The van der Waals surface area contributed by atoms with Crippen LogP contribution in [-0.4, -0.2) is 79.6 Å². The van der Waals surface area contributed by atoms with Gasteiger partial charge < -0.3 is 29.7 Å². The summed E-state index contributed by atoms with van der Waals surface area (Å²) < 4.78 is 25.0. The van der Waals surface area contributed by atoms with Crippen molar-refractivity contribution < 1.29 is 23.8 Å². The number of aliphatic hydroxyl groups excluding tert-OH is 1. The number of morpholine rings is 1. The van der Waals surface area contributed by atoms with Crippen LogP contribution in [0.15, 0.2) is 24.4 Å². The Kier molecular flexibility index (Phi) is 6.89. The molecular weight excluding hydrogens is 441 g/mol. The highest BCUT2D eigenvalue weighted by Crippen LogP contribution is 2.36. The maximum absolute atomic E-state index is 13.9. The zero-order valence-electron chi connectivity index (χ0n) is 19.1. The van der Waals surface area contributed by atoms with Crippen LogP contribution < -0.4 is 15.1 Å². The van der Waals surface area contributed by atoms with E-state index in [0.717, 1.165) is 37.6 Å². The van der Waals surface area contributed by atoms with E-state index in [-0.39, 0.29) is 24.1 Å². The van der Waals surface area contributed by atoms with Gasteiger partial charge in [-0.2, -0.15) is 0 Å². The molecule has 0 radical (unpaired) electrons. The number of amides is 1. The first-order valence-corrected chi connectivity index (χ1v) is 11.8. The van der Waals surface area contributed by atoms with Gasteiger partial charge in [0, 0.05) is 44.0 Å². The normalized spacial score (nSPS) is 20.6. The highest BCUT2D eigenvalue weighted by molar-refractivity contribution is 5.84. The second kappa shape index (κ2) is 10.2. The van der Waals surface area contributed by atoms with Crippen LogP contribution in [0.1, 0.15) is 18.4 Å². The lowest BCUT2D eigenvalue weighted by Gasteiger charge is -2.45. The Labute approximate surface area is 197 Å². The molecule has 182 valence electrons. The number of halogens is 1. The first-order chi connectivity index (χ1) is 16.6. The van der Waals surface area contributed by atoms with Crippen LogP contribution >= 0.6 is 0 Å². The molecule has 9 nitrogen and oxygen atoms in total. The van der Waals surface area contributed by atoms with Crippen molar-refractivity contribution in [3.8, 4) is 11.4 Å². The fourth-order valence-corrected chi connectivity index (χ4v) is 4.80. The highest BCUT2D eigenvalue weighted by atomic mass is 19.1. The molecule has 2 N–H and O–H groups in total. The quantitative estimate of drug-likeness (QED) is 0.651. The molecule has 3 aliphatic rings. The third-order valence-corrected chi connectivity index (χ3v) is 6.76. The van der Waals surface area contributed by atoms with Gasteiger partial charge in [0.15, 0.2) is 11.6 Å². The lowest BCUT2D eigenvalue weighted by Crippen LogP contribution is -2.57. The number of rotatable bonds is 6. The summed E-state index contributed by atoms with van der Waals surface area (Å²) in [4.78, 5) is 26.3. The minimum Gasteiger partial charge on any atom is -0.392 e. The summed E-state index contributed by atoms with van der Waals surface area (Å²) >= 11 is 0. The molecule has 2 saturated heterocycles. The maximum Gasteiger partial charge on any atom is 0.239 e. The van der Waals surface area contributed by atoms with Crippen LogP contribution in [0.3, 0.4) is 0 Å². The standard InChI is InChI=1S/C24H30FN5O4/c25-20-2-1-17(9-18(20)14-31)23-27-11-21-24(28-23)30-5-8-34-15-19(30)12-29(21)13-22(32)26-10-16-3-6-33-7-4-16/h1-2,9,11,16,19,31H,3-8,10,12-15H2,(H,26,32). The molecule has 1 aromatic carbocycles. The topological polar surface area (TPSA) is 100 Å². The van der Waals surface area contributed by atoms with Crippen molar-refractivity contribution in [3.63, 3.8) is 0 Å². The van der Waals surface area contributed by atoms with Gasteiger partial charge in [0.05, 0.1) is 44.3 Å². The third kappa shape index (κ3) is 4.84. The first-order valence-electron chi connectivity index (χ1n) is 11.8. The lowest BCUT2D eigenvalue weighted by atomic mass is 10.0. The van der Waals surface area contributed by atoms with Crippen molar-refractivity contribution in [1.82, 2.24) is 15.3 Å². The van der Waals surface area contributed by atoms with E-state index in [0.29, 0.717) is 50.2 Å². The number of ether oxygens (including phenoxy) is 2. The van der Waals surface area contributed by atoms with E-state index in [1.807, 2.05) is 4.90 Å². The molecule has 2 fully saturated rings. The molecule has 1 amide bonds. The van der Waals surface area contributed by atoms with Crippen LogP contribution in [0.25, 0.3) is 11.4 Å². The number of carbonyl (C=O) groups is 1. The number of anilines is 2. The Bertz CT molecular complexity index is 1030. The summed E-state index contributed by atoms with van der Waals surface area (Å²) in [5, 5.41) is 12.5. The molecule has 4 heterocycles. The van der Waals surface area contributed by atoms with Gasteiger partial charge >= 0.3 is 0 Å². The smallest absolute Gasteiger partial charge is 0.239 e. The van der Waals surface area contributed by atoms with Gasteiger partial charge in [0.25, 0.3) is 0 Å². The van der Waals surface area contributed by atoms with Gasteiger partial charge in [-0.1, -0.05) is 0 Å². The second-order valence-corrected chi connectivity index (χ2v) is 9.03. The molecule has 0 saturated carbocycles. The molecule has 2 aromatic rings. The van der Waals surface area contributed by atoms with E-state index in [1.165, 1.54) is 6.07 Å². The Morgan fingerprint density at radius 3 is 2.91 bits per heavy atom. The molecule has 3 aliphatic heterocycles. The van der Waals surface area contributed by atoms with Gasteiger partial charge in [-0.25, -0.2) is 14.4 Å². The van der Waals surface area contributed by atoms with Crippen LogP contribution in [-0.2, 0) is 20.9 Å². The number of fused-ring (bicyclic) bond motifs is 3. The molecule has 0 spiro atoms. The molecule has 10 heteroatoms. The fourth-order valence-electron chi connectivity index (χ4n) is 4.80. The van der Waals surface area contributed by atoms with E-state index in [2.05, 4.69) is 15.2 Å². The van der Waals surface area contributed by atoms with Crippen LogP contribution in [0.2, 0.25) is 0 Å². The first kappa shape index (κ1) is 22.9. The number of aromatic nitrogens is 2. The van der Waals surface area contributed by atoms with Gasteiger partial charge in [-0.15, -0.1) is 0 Å². The summed E-state index contributed by atoms with van der Waals surface area (Å²) in [5.74, 6) is 1.16. The fraction of sp³-hybridized carbons (Fsp3) is 0.542. The van der Waals surface area contributed by atoms with Crippen molar-refractivity contribution in [2.75, 3.05) is 62.4 Å². The van der Waals surface area contributed by atoms with Crippen molar-refractivity contribution in [2.24, 2.45) is 5.92 Å². The molecular formula is C24H30FN5O4. The summed E-state index contributed by atoms with van der Waals surface area (Å²) in [7, 11) is 0. The van der Waals surface area contributed by atoms with Gasteiger partial charge in [0.2, 0.25) is 5.91 Å². The SMILES string of the molecule is O=C(CN1CC2COCCN2c2nc(-c3ccc(F)c(CO)c3)ncc21)NCC1CCOCC1. The number of hydrogen-bond donors (Lipinski definition) is 2. The molecule has 1 atom stereocenters. The minimum atomic E-state index is -0.463. The number of nitrogens with zero attached hydrogens (tertiary/aromatic N) is 4. The van der Waals surface area contributed by atoms with Gasteiger partial charge in [-0.05, 0) is 37.0 Å². The Morgan fingerprint density at radius 1 is 1.24 bits per heavy atom. The molecule has 1 unspecified atom stereocenters. The number of carbonyl (C=O) groups excluding carboxylic acids is 1. The van der Waals surface area contributed by atoms with Gasteiger partial charge in [-0.3, -0.25) is 4.79 Å². The molecule has 1 aromatic heterocycles. The van der Waals surface area contributed by atoms with Crippen LogP contribution in [0.5, 0.6) is 0 Å². The van der Waals surface area contributed by atoms with Crippen molar-refractivity contribution >= 4 is 17.4 Å². The van der Waals surface area contributed by atoms with E-state index in [9.17, 15) is 14.3 Å². The molecule has 5 rings (SSSR count). The predicted molar refractivity (Wildman–Crippen MR) is 124 cm³/mol. The van der Waals surface area contributed by atoms with Crippen molar-refractivity contribution in [3.05, 3.63) is 35.8 Å². The van der Waals surface area contributed by atoms with E-state index < -0.39 is 12.4 Å². The number of benzene rings is 1. The van der Waals surface area contributed by atoms with E-state index in [4.69, 9.17) is 14.5 Å². The third-order valence-electron chi connectivity index (χ3n) is 6.76. The molecule has 0 aliphatic carbocycles. The Morgan fingerprint density at radius 2 is 2.09 bits per heavy atom. The molecule has 0 bridgehead atoms. The summed E-state index contributed by atoms with van der Waals surface area (Å²) in [5.41, 5.74) is 1.63. The number of hydrogen-bond acceptors (Lipinski definition) is 8. The largest absolute Gasteiger partial charge is 0.392 e. The minimum absolute atomic E-state index is 0.0298. The van der Waals surface area contributed by atoms with Crippen molar-refractivity contribution in [1.29, 1.82) is 0 Å². The zero-order valence-corrected chi connectivity index (χ0v) is 19.1. The summed E-state index contributed by atoms with van der Waals surface area (Å²) in [6, 6.07) is 4.57. The number of aliphatic hydroxyl groups is 1. The molecule has 34 heavy (non-hydrogen) atoms.